The van der Waals surface area contributed by atoms with Crippen LogP contribution in [0.4, 0.5) is 5.69 Å². The Bertz CT molecular complexity index is 354. The molecule has 0 aromatic heterocycles. The maximum Gasteiger partial charge on any atom is 0.0737 e. The van der Waals surface area contributed by atoms with Gasteiger partial charge in [-0.25, -0.2) is 0 Å². The van der Waals surface area contributed by atoms with Gasteiger partial charge in [0.05, 0.1) is 6.61 Å². The third-order valence-corrected chi connectivity index (χ3v) is 3.49. The van der Waals surface area contributed by atoms with E-state index in [4.69, 9.17) is 22.1 Å². The maximum absolute atomic E-state index is 5.94. The van der Waals surface area contributed by atoms with Gasteiger partial charge in [-0.3, -0.25) is 0 Å². The minimum absolute atomic E-state index is 0.551. The summed E-state index contributed by atoms with van der Waals surface area (Å²) in [5.74, 6) is 0.658. The second-order valence-electron chi connectivity index (χ2n) is 4.77. The third-order valence-electron chi connectivity index (χ3n) is 3.26. The molecule has 2 N–H and O–H groups in total. The lowest BCUT2D eigenvalue weighted by atomic mass is 10.0. The highest BCUT2D eigenvalue weighted by Gasteiger charge is 2.07. The summed E-state index contributed by atoms with van der Waals surface area (Å²) in [6.45, 7) is 5.80. The lowest BCUT2D eigenvalue weighted by Crippen LogP contribution is -2.09. The summed E-state index contributed by atoms with van der Waals surface area (Å²) in [4.78, 5) is 0. The van der Waals surface area contributed by atoms with Gasteiger partial charge in [-0.15, -0.1) is 0 Å². The average molecular weight is 270 g/mol. The van der Waals surface area contributed by atoms with Crippen LogP contribution in [0.1, 0.15) is 45.1 Å². The predicted octanol–water partition coefficient (Wildman–Crippen LogP) is 4.66. The van der Waals surface area contributed by atoms with Crippen molar-refractivity contribution in [2.75, 3.05) is 12.3 Å². The van der Waals surface area contributed by atoms with Crippen LogP contribution in [0.5, 0.6) is 0 Å². The van der Waals surface area contributed by atoms with Crippen LogP contribution in [0.3, 0.4) is 0 Å². The van der Waals surface area contributed by atoms with Crippen molar-refractivity contribution in [3.05, 3.63) is 28.8 Å². The van der Waals surface area contributed by atoms with Crippen molar-refractivity contribution in [3.63, 3.8) is 0 Å². The number of halogens is 1. The van der Waals surface area contributed by atoms with Gasteiger partial charge in [-0.1, -0.05) is 44.7 Å². The number of rotatable bonds is 8. The van der Waals surface area contributed by atoms with Gasteiger partial charge >= 0.3 is 0 Å². The molecule has 0 aliphatic rings. The SMILES string of the molecule is CCCCC(CC)COCc1cc(Cl)ccc1N. The largest absolute Gasteiger partial charge is 0.398 e. The molecule has 0 bridgehead atoms. The summed E-state index contributed by atoms with van der Waals surface area (Å²) in [6, 6.07) is 5.51. The lowest BCUT2D eigenvalue weighted by Gasteiger charge is -2.15. The van der Waals surface area contributed by atoms with E-state index in [2.05, 4.69) is 13.8 Å². The molecule has 0 radical (unpaired) electrons. The highest BCUT2D eigenvalue weighted by molar-refractivity contribution is 6.30. The van der Waals surface area contributed by atoms with E-state index in [1.807, 2.05) is 12.1 Å². The van der Waals surface area contributed by atoms with Gasteiger partial charge in [-0.2, -0.15) is 0 Å². The summed E-state index contributed by atoms with van der Waals surface area (Å²) in [5, 5.41) is 0.709. The molecule has 0 saturated carbocycles. The molecule has 1 aromatic rings. The highest BCUT2D eigenvalue weighted by Crippen LogP contribution is 2.20. The fourth-order valence-electron chi connectivity index (χ4n) is 1.93. The first kappa shape index (κ1) is 15.3. The van der Waals surface area contributed by atoms with Crippen LogP contribution in [0, 0.1) is 5.92 Å². The zero-order valence-corrected chi connectivity index (χ0v) is 12.2. The fraction of sp³-hybridized carbons (Fsp3) is 0.600. The van der Waals surface area contributed by atoms with Crippen LogP contribution in [-0.2, 0) is 11.3 Å². The van der Waals surface area contributed by atoms with Gasteiger partial charge in [-0.05, 0) is 30.5 Å². The fourth-order valence-corrected chi connectivity index (χ4v) is 2.13. The molecule has 1 unspecified atom stereocenters. The molecular formula is C15H24ClNO. The molecule has 1 rings (SSSR count). The second-order valence-corrected chi connectivity index (χ2v) is 5.21. The van der Waals surface area contributed by atoms with E-state index in [1.165, 1.54) is 25.7 Å². The van der Waals surface area contributed by atoms with E-state index in [9.17, 15) is 0 Å². The third kappa shape index (κ3) is 5.28. The minimum Gasteiger partial charge on any atom is -0.398 e. The van der Waals surface area contributed by atoms with Gasteiger partial charge < -0.3 is 10.5 Å². The standard InChI is InChI=1S/C15H24ClNO/c1-3-5-6-12(4-2)10-18-11-13-9-14(16)7-8-15(13)17/h7-9,12H,3-6,10-11,17H2,1-2H3. The number of nitrogen functional groups attached to an aromatic ring is 1. The molecule has 0 saturated heterocycles. The van der Waals surface area contributed by atoms with Gasteiger partial charge in [0.15, 0.2) is 0 Å². The Morgan fingerprint density at radius 3 is 2.78 bits per heavy atom. The maximum atomic E-state index is 5.94. The zero-order chi connectivity index (χ0) is 13.4. The van der Waals surface area contributed by atoms with Crippen molar-refractivity contribution >= 4 is 17.3 Å². The van der Waals surface area contributed by atoms with E-state index in [1.54, 1.807) is 6.07 Å². The normalized spacial score (nSPS) is 12.6. The Hall–Kier alpha value is -0.730. The van der Waals surface area contributed by atoms with Crippen molar-refractivity contribution in [2.45, 2.75) is 46.1 Å². The predicted molar refractivity (Wildman–Crippen MR) is 78.8 cm³/mol. The Morgan fingerprint density at radius 1 is 1.33 bits per heavy atom. The Morgan fingerprint density at radius 2 is 2.11 bits per heavy atom. The van der Waals surface area contributed by atoms with E-state index >= 15 is 0 Å². The molecule has 0 spiro atoms. The number of unbranched alkanes of at least 4 members (excludes halogenated alkanes) is 1. The Kier molecular flexibility index (Phi) is 7.14. The van der Waals surface area contributed by atoms with Gasteiger partial charge in [0, 0.05) is 22.9 Å². The number of hydrogen-bond donors (Lipinski definition) is 1. The minimum atomic E-state index is 0.551. The van der Waals surface area contributed by atoms with Crippen LogP contribution in [0.15, 0.2) is 18.2 Å². The molecule has 0 aliphatic carbocycles. The molecule has 18 heavy (non-hydrogen) atoms. The van der Waals surface area contributed by atoms with Crippen LogP contribution >= 0.6 is 11.6 Å². The van der Waals surface area contributed by atoms with Crippen LogP contribution < -0.4 is 5.73 Å². The van der Waals surface area contributed by atoms with Crippen molar-refractivity contribution in [3.8, 4) is 0 Å². The topological polar surface area (TPSA) is 35.2 Å². The Labute approximate surface area is 115 Å². The van der Waals surface area contributed by atoms with Gasteiger partial charge in [0.25, 0.3) is 0 Å². The van der Waals surface area contributed by atoms with Gasteiger partial charge in [0.1, 0.15) is 0 Å². The molecule has 0 aliphatic heterocycles. The molecule has 102 valence electrons. The van der Waals surface area contributed by atoms with E-state index in [-0.39, 0.29) is 0 Å². The van der Waals surface area contributed by atoms with Crippen LogP contribution in [0.25, 0.3) is 0 Å². The number of ether oxygens (including phenoxy) is 1. The first-order valence-corrected chi connectivity index (χ1v) is 7.16. The molecule has 0 amide bonds. The zero-order valence-electron chi connectivity index (χ0n) is 11.4. The molecular weight excluding hydrogens is 246 g/mol. The molecule has 0 heterocycles. The van der Waals surface area contributed by atoms with Gasteiger partial charge in [0.2, 0.25) is 0 Å². The quantitative estimate of drug-likeness (QED) is 0.697. The van der Waals surface area contributed by atoms with Crippen LogP contribution in [-0.4, -0.2) is 6.61 Å². The van der Waals surface area contributed by atoms with Crippen molar-refractivity contribution in [1.29, 1.82) is 0 Å². The molecule has 2 nitrogen and oxygen atoms in total. The molecule has 3 heteroatoms. The van der Waals surface area contributed by atoms with E-state index in [0.717, 1.165) is 17.9 Å². The van der Waals surface area contributed by atoms with Crippen molar-refractivity contribution in [2.24, 2.45) is 5.92 Å². The monoisotopic (exact) mass is 269 g/mol. The van der Waals surface area contributed by atoms with Crippen LogP contribution in [0.2, 0.25) is 5.02 Å². The van der Waals surface area contributed by atoms with E-state index < -0.39 is 0 Å². The summed E-state index contributed by atoms with van der Waals surface area (Å²) >= 11 is 5.94. The molecule has 0 fully saturated rings. The smallest absolute Gasteiger partial charge is 0.0737 e. The number of benzene rings is 1. The number of nitrogens with two attached hydrogens (primary N) is 1. The summed E-state index contributed by atoms with van der Waals surface area (Å²) in [6.07, 6.45) is 4.95. The summed E-state index contributed by atoms with van der Waals surface area (Å²) in [7, 11) is 0. The number of hydrogen-bond acceptors (Lipinski definition) is 2. The average Bonchev–Trinajstić information content (AvgIpc) is 2.37. The van der Waals surface area contributed by atoms with Crippen molar-refractivity contribution in [1.82, 2.24) is 0 Å². The summed E-state index contributed by atoms with van der Waals surface area (Å²) < 4.78 is 5.77. The first-order chi connectivity index (χ1) is 8.67. The summed E-state index contributed by atoms with van der Waals surface area (Å²) in [5.41, 5.74) is 7.61. The number of anilines is 1. The Balaban J connectivity index is 2.37. The van der Waals surface area contributed by atoms with Crippen molar-refractivity contribution < 1.29 is 4.74 Å². The van der Waals surface area contributed by atoms with E-state index in [0.29, 0.717) is 17.5 Å². The lowest BCUT2D eigenvalue weighted by molar-refractivity contribution is 0.0823. The highest BCUT2D eigenvalue weighted by atomic mass is 35.5. The molecule has 1 atom stereocenters. The first-order valence-electron chi connectivity index (χ1n) is 6.79. The second kappa shape index (κ2) is 8.39. The molecule has 1 aromatic carbocycles.